The molecule has 0 bridgehead atoms. The molecule has 0 atom stereocenters. The average molecular weight is 213 g/mol. The van der Waals surface area contributed by atoms with Crippen molar-refractivity contribution in [3.05, 3.63) is 54.3 Å². The predicted molar refractivity (Wildman–Crippen MR) is 61.1 cm³/mol. The molecule has 80 valence electrons. The Kier molecular flexibility index (Phi) is 2.96. The molecule has 0 aliphatic carbocycles. The van der Waals surface area contributed by atoms with Crippen molar-refractivity contribution >= 4 is 5.78 Å². The van der Waals surface area contributed by atoms with E-state index in [0.717, 1.165) is 5.56 Å². The Morgan fingerprint density at radius 3 is 2.75 bits per heavy atom. The molecule has 1 heterocycles. The first kappa shape index (κ1) is 10.4. The van der Waals surface area contributed by atoms with Crippen molar-refractivity contribution in [2.45, 2.75) is 6.92 Å². The molecule has 0 saturated carbocycles. The molecule has 0 fully saturated rings. The summed E-state index contributed by atoms with van der Waals surface area (Å²) in [7, 11) is 0. The molecule has 0 unspecified atom stereocenters. The van der Waals surface area contributed by atoms with Gasteiger partial charge in [0.05, 0.1) is 0 Å². The number of allylic oxidation sites excluding steroid dienone is 2. The van der Waals surface area contributed by atoms with Crippen molar-refractivity contribution in [1.29, 1.82) is 0 Å². The second-order valence-electron chi connectivity index (χ2n) is 3.31. The van der Waals surface area contributed by atoms with E-state index in [2.05, 4.69) is 5.16 Å². The molecule has 0 amide bonds. The van der Waals surface area contributed by atoms with Gasteiger partial charge in [0.15, 0.2) is 0 Å². The summed E-state index contributed by atoms with van der Waals surface area (Å²) < 4.78 is 4.98. The Morgan fingerprint density at radius 2 is 2.06 bits per heavy atom. The number of carbonyl (C=O) groups excluding carboxylic acids is 1. The zero-order chi connectivity index (χ0) is 11.4. The Bertz CT molecular complexity index is 512. The Balaban J connectivity index is 2.30. The quantitative estimate of drug-likeness (QED) is 0.581. The molecule has 0 spiro atoms. The Morgan fingerprint density at radius 1 is 1.31 bits per heavy atom. The van der Waals surface area contributed by atoms with E-state index in [1.807, 2.05) is 30.3 Å². The van der Waals surface area contributed by atoms with Crippen molar-refractivity contribution in [2.24, 2.45) is 0 Å². The zero-order valence-corrected chi connectivity index (χ0v) is 8.88. The van der Waals surface area contributed by atoms with Gasteiger partial charge in [0.1, 0.15) is 5.69 Å². The summed E-state index contributed by atoms with van der Waals surface area (Å²) in [5.41, 5.74) is 1.61. The fourth-order valence-electron chi connectivity index (χ4n) is 1.37. The molecule has 0 aliphatic heterocycles. The maximum atomic E-state index is 11.5. The summed E-state index contributed by atoms with van der Waals surface area (Å²) in [6.45, 7) is 1.78. The Labute approximate surface area is 93.4 Å². The van der Waals surface area contributed by atoms with E-state index in [1.165, 1.54) is 6.08 Å². The second kappa shape index (κ2) is 4.57. The van der Waals surface area contributed by atoms with E-state index in [9.17, 15) is 4.79 Å². The molecule has 1 aromatic carbocycles. The smallest absolute Gasteiger partial charge is 0.223 e. The highest BCUT2D eigenvalue weighted by Crippen LogP contribution is 2.18. The van der Waals surface area contributed by atoms with Gasteiger partial charge in [0.25, 0.3) is 0 Å². The van der Waals surface area contributed by atoms with Gasteiger partial charge in [0.2, 0.25) is 11.5 Å². The highest BCUT2D eigenvalue weighted by molar-refractivity contribution is 6.02. The van der Waals surface area contributed by atoms with Crippen LogP contribution in [0, 0.1) is 0 Å². The normalized spacial score (nSPS) is 10.8. The minimum absolute atomic E-state index is 0.169. The minimum Gasteiger partial charge on any atom is -0.352 e. The summed E-state index contributed by atoms with van der Waals surface area (Å²) in [6, 6.07) is 11.2. The monoisotopic (exact) mass is 213 g/mol. The molecular formula is C13H11NO2. The van der Waals surface area contributed by atoms with Gasteiger partial charge >= 0.3 is 0 Å². The van der Waals surface area contributed by atoms with Crippen molar-refractivity contribution in [1.82, 2.24) is 5.16 Å². The Hall–Kier alpha value is -2.16. The van der Waals surface area contributed by atoms with E-state index in [4.69, 9.17) is 4.52 Å². The molecule has 2 rings (SSSR count). The van der Waals surface area contributed by atoms with Gasteiger partial charge in [-0.3, -0.25) is 4.79 Å². The first-order valence-electron chi connectivity index (χ1n) is 5.00. The summed E-state index contributed by atoms with van der Waals surface area (Å²) in [5.74, 6) is 0.0918. The molecule has 3 nitrogen and oxygen atoms in total. The summed E-state index contributed by atoms with van der Waals surface area (Å²) in [6.07, 6.45) is 3.13. The third-order valence-electron chi connectivity index (χ3n) is 2.14. The summed E-state index contributed by atoms with van der Waals surface area (Å²) >= 11 is 0. The number of benzene rings is 1. The lowest BCUT2D eigenvalue weighted by Gasteiger charge is -1.91. The van der Waals surface area contributed by atoms with Crippen LogP contribution in [0.5, 0.6) is 0 Å². The van der Waals surface area contributed by atoms with Gasteiger partial charge < -0.3 is 4.52 Å². The number of rotatable bonds is 3. The maximum Gasteiger partial charge on any atom is 0.223 e. The average Bonchev–Trinajstić information content (AvgIpc) is 2.80. The second-order valence-corrected chi connectivity index (χ2v) is 3.31. The molecule has 1 aromatic heterocycles. The lowest BCUT2D eigenvalue weighted by molar-refractivity contribution is 0.101. The number of ketones is 1. The fourth-order valence-corrected chi connectivity index (χ4v) is 1.37. The topological polar surface area (TPSA) is 43.1 Å². The van der Waals surface area contributed by atoms with Gasteiger partial charge in [0, 0.05) is 11.6 Å². The van der Waals surface area contributed by atoms with Crippen LogP contribution in [0.2, 0.25) is 0 Å². The van der Waals surface area contributed by atoms with Crippen LogP contribution in [-0.2, 0) is 0 Å². The van der Waals surface area contributed by atoms with E-state index >= 15 is 0 Å². The third kappa shape index (κ3) is 2.08. The number of hydrogen-bond donors (Lipinski definition) is 0. The first-order valence-corrected chi connectivity index (χ1v) is 5.00. The number of nitrogens with zero attached hydrogens (tertiary/aromatic N) is 1. The zero-order valence-electron chi connectivity index (χ0n) is 8.88. The highest BCUT2D eigenvalue weighted by Gasteiger charge is 2.10. The number of carbonyl (C=O) groups is 1. The van der Waals surface area contributed by atoms with Gasteiger partial charge in [-0.1, -0.05) is 41.6 Å². The molecular weight excluding hydrogens is 202 g/mol. The number of hydrogen-bond acceptors (Lipinski definition) is 3. The lowest BCUT2D eigenvalue weighted by Crippen LogP contribution is -1.89. The fraction of sp³-hybridized carbons (Fsp3) is 0.0769. The maximum absolute atomic E-state index is 11.5. The van der Waals surface area contributed by atoms with E-state index in [1.54, 1.807) is 19.1 Å². The predicted octanol–water partition coefficient (Wildman–Crippen LogP) is 3.10. The molecule has 16 heavy (non-hydrogen) atoms. The van der Waals surface area contributed by atoms with Crippen LogP contribution in [-0.4, -0.2) is 10.9 Å². The largest absolute Gasteiger partial charge is 0.352 e. The molecule has 2 aromatic rings. The van der Waals surface area contributed by atoms with Crippen molar-refractivity contribution < 1.29 is 9.32 Å². The molecule has 0 N–H and O–H groups in total. The van der Waals surface area contributed by atoms with Gasteiger partial charge in [-0.15, -0.1) is 0 Å². The van der Waals surface area contributed by atoms with Crippen molar-refractivity contribution in [3.63, 3.8) is 0 Å². The van der Waals surface area contributed by atoms with E-state index in [-0.39, 0.29) is 11.5 Å². The van der Waals surface area contributed by atoms with E-state index in [0.29, 0.717) is 5.69 Å². The first-order chi connectivity index (χ1) is 7.81. The van der Waals surface area contributed by atoms with Gasteiger partial charge in [-0.25, -0.2) is 0 Å². The van der Waals surface area contributed by atoms with Crippen LogP contribution in [0.1, 0.15) is 17.5 Å². The van der Waals surface area contributed by atoms with Crippen LogP contribution >= 0.6 is 0 Å². The van der Waals surface area contributed by atoms with Crippen molar-refractivity contribution in [3.8, 4) is 11.3 Å². The standard InChI is InChI=1S/C13H11NO2/c1-2-6-12(15)13-9-11(14-16-13)10-7-4-3-5-8-10/h2-9H,1H3/b6-2+. The SMILES string of the molecule is C/C=C/C(=O)c1cc(-c2ccccc2)no1. The van der Waals surface area contributed by atoms with Crippen LogP contribution in [0.4, 0.5) is 0 Å². The van der Waals surface area contributed by atoms with Gasteiger partial charge in [-0.05, 0) is 13.0 Å². The van der Waals surface area contributed by atoms with Crippen molar-refractivity contribution in [2.75, 3.05) is 0 Å². The third-order valence-corrected chi connectivity index (χ3v) is 2.14. The summed E-state index contributed by atoms with van der Waals surface area (Å²) in [4.78, 5) is 11.5. The molecule has 3 heteroatoms. The highest BCUT2D eigenvalue weighted by atomic mass is 16.5. The minimum atomic E-state index is -0.169. The van der Waals surface area contributed by atoms with Crippen LogP contribution < -0.4 is 0 Å². The lowest BCUT2D eigenvalue weighted by atomic mass is 10.1. The molecule has 0 saturated heterocycles. The summed E-state index contributed by atoms with van der Waals surface area (Å²) in [5, 5.41) is 3.86. The van der Waals surface area contributed by atoms with Crippen LogP contribution in [0.15, 0.2) is 53.1 Å². The van der Waals surface area contributed by atoms with E-state index < -0.39 is 0 Å². The van der Waals surface area contributed by atoms with Gasteiger partial charge in [-0.2, -0.15) is 0 Å². The van der Waals surface area contributed by atoms with Crippen LogP contribution in [0.3, 0.4) is 0 Å². The van der Waals surface area contributed by atoms with Crippen LogP contribution in [0.25, 0.3) is 11.3 Å². The molecule has 0 radical (unpaired) electrons. The number of aromatic nitrogens is 1. The molecule has 0 aliphatic rings.